The lowest BCUT2D eigenvalue weighted by molar-refractivity contribution is -0.142. The van der Waals surface area contributed by atoms with Gasteiger partial charge in [0, 0.05) is 5.92 Å². The van der Waals surface area contributed by atoms with E-state index < -0.39 is 36.0 Å². The predicted molar refractivity (Wildman–Crippen MR) is 101 cm³/mol. The minimum atomic E-state index is -1.01. The number of carbonyl (C=O) groups excluding carboxylic acids is 3. The van der Waals surface area contributed by atoms with Crippen LogP contribution in [0.5, 0.6) is 0 Å². The highest BCUT2D eigenvalue weighted by Gasteiger charge is 2.42. The molecule has 6 nitrogen and oxygen atoms in total. The summed E-state index contributed by atoms with van der Waals surface area (Å²) >= 11 is 0. The molecule has 1 heterocycles. The van der Waals surface area contributed by atoms with E-state index >= 15 is 0 Å². The minimum absolute atomic E-state index is 0.0474. The SMILES string of the molecule is CC[C@H](C)[C@@H](O)[C@H](C)C(=O)[C@H](C)C(=O)N1C(=O)OC[C@@H]1Cc1ccccc1. The maximum absolute atomic E-state index is 12.9. The first-order chi connectivity index (χ1) is 12.8. The average molecular weight is 375 g/mol. The Morgan fingerprint density at radius 1 is 1.22 bits per heavy atom. The Kier molecular flexibility index (Phi) is 7.13. The second-order valence-electron chi connectivity index (χ2n) is 7.42. The highest BCUT2D eigenvalue weighted by Crippen LogP contribution is 2.24. The maximum Gasteiger partial charge on any atom is 0.417 e. The van der Waals surface area contributed by atoms with Gasteiger partial charge in [-0.3, -0.25) is 9.59 Å². The van der Waals surface area contributed by atoms with Gasteiger partial charge in [0.05, 0.1) is 18.1 Å². The van der Waals surface area contributed by atoms with Gasteiger partial charge in [-0.1, -0.05) is 57.5 Å². The molecule has 1 N–H and O–H groups in total. The van der Waals surface area contributed by atoms with Crippen molar-refractivity contribution in [3.63, 3.8) is 0 Å². The van der Waals surface area contributed by atoms with Crippen molar-refractivity contribution >= 4 is 17.8 Å². The molecule has 2 rings (SSSR count). The molecule has 6 heteroatoms. The molecule has 1 aromatic rings. The lowest BCUT2D eigenvalue weighted by atomic mass is 9.84. The van der Waals surface area contributed by atoms with Crippen LogP contribution in [0.25, 0.3) is 0 Å². The Labute approximate surface area is 160 Å². The molecule has 148 valence electrons. The fourth-order valence-corrected chi connectivity index (χ4v) is 3.39. The summed E-state index contributed by atoms with van der Waals surface area (Å²) in [6.45, 7) is 7.05. The highest BCUT2D eigenvalue weighted by molar-refractivity contribution is 6.07. The second kappa shape index (κ2) is 9.13. The van der Waals surface area contributed by atoms with E-state index in [9.17, 15) is 19.5 Å². The van der Waals surface area contributed by atoms with Crippen LogP contribution in [0.15, 0.2) is 30.3 Å². The normalized spacial score (nSPS) is 21.3. The van der Waals surface area contributed by atoms with Crippen LogP contribution < -0.4 is 0 Å². The van der Waals surface area contributed by atoms with Crippen LogP contribution in [0.4, 0.5) is 4.79 Å². The van der Waals surface area contributed by atoms with Crippen LogP contribution in [0.3, 0.4) is 0 Å². The number of nitrogens with zero attached hydrogens (tertiary/aromatic N) is 1. The first-order valence-corrected chi connectivity index (χ1v) is 9.53. The molecule has 0 spiro atoms. The molecular formula is C21H29NO5. The van der Waals surface area contributed by atoms with Gasteiger partial charge in [-0.25, -0.2) is 9.69 Å². The summed E-state index contributed by atoms with van der Waals surface area (Å²) in [5, 5.41) is 10.3. The molecular weight excluding hydrogens is 346 g/mol. The molecule has 0 bridgehead atoms. The number of rotatable bonds is 8. The Morgan fingerprint density at radius 3 is 2.44 bits per heavy atom. The van der Waals surface area contributed by atoms with Crippen molar-refractivity contribution < 1.29 is 24.2 Å². The van der Waals surface area contributed by atoms with Crippen molar-refractivity contribution in [3.8, 4) is 0 Å². The average Bonchev–Trinajstić information content (AvgIpc) is 3.05. The third-order valence-corrected chi connectivity index (χ3v) is 5.50. The Morgan fingerprint density at radius 2 is 1.85 bits per heavy atom. The molecule has 0 radical (unpaired) electrons. The van der Waals surface area contributed by atoms with Gasteiger partial charge >= 0.3 is 6.09 Å². The molecule has 0 aromatic heterocycles. The largest absolute Gasteiger partial charge is 0.447 e. The van der Waals surface area contributed by atoms with Gasteiger partial charge in [-0.2, -0.15) is 0 Å². The van der Waals surface area contributed by atoms with Crippen molar-refractivity contribution in [2.75, 3.05) is 6.61 Å². The number of amides is 2. The Hall–Kier alpha value is -2.21. The summed E-state index contributed by atoms with van der Waals surface area (Å²) < 4.78 is 5.07. The van der Waals surface area contributed by atoms with Crippen molar-refractivity contribution in [2.24, 2.45) is 17.8 Å². The van der Waals surface area contributed by atoms with Crippen molar-refractivity contribution in [3.05, 3.63) is 35.9 Å². The van der Waals surface area contributed by atoms with Gasteiger partial charge in [-0.15, -0.1) is 0 Å². The summed E-state index contributed by atoms with van der Waals surface area (Å²) in [5.74, 6) is -2.65. The first-order valence-electron chi connectivity index (χ1n) is 9.53. The number of benzene rings is 1. The quantitative estimate of drug-likeness (QED) is 0.707. The van der Waals surface area contributed by atoms with Gasteiger partial charge in [0.25, 0.3) is 0 Å². The molecule has 1 aliphatic heterocycles. The number of ether oxygens (including phenoxy) is 1. The topological polar surface area (TPSA) is 83.9 Å². The van der Waals surface area contributed by atoms with E-state index in [-0.39, 0.29) is 18.3 Å². The van der Waals surface area contributed by atoms with E-state index in [0.29, 0.717) is 6.42 Å². The van der Waals surface area contributed by atoms with Gasteiger partial charge in [-0.05, 0) is 24.8 Å². The monoisotopic (exact) mass is 375 g/mol. The molecule has 1 aliphatic rings. The summed E-state index contributed by atoms with van der Waals surface area (Å²) in [7, 11) is 0. The van der Waals surface area contributed by atoms with E-state index in [1.807, 2.05) is 44.2 Å². The molecule has 27 heavy (non-hydrogen) atoms. The van der Waals surface area contributed by atoms with E-state index in [2.05, 4.69) is 0 Å². The van der Waals surface area contributed by atoms with Crippen molar-refractivity contribution in [2.45, 2.75) is 52.7 Å². The summed E-state index contributed by atoms with van der Waals surface area (Å²) in [6.07, 6.45) is -0.317. The minimum Gasteiger partial charge on any atom is -0.447 e. The summed E-state index contributed by atoms with van der Waals surface area (Å²) in [5.41, 5.74) is 0.984. The second-order valence-corrected chi connectivity index (χ2v) is 7.42. The van der Waals surface area contributed by atoms with Gasteiger partial charge in [0.15, 0.2) is 0 Å². The standard InChI is InChI=1S/C21H29NO5/c1-5-13(2)18(23)14(3)19(24)15(4)20(25)22-17(12-27-21(22)26)11-16-9-7-6-8-10-16/h6-10,13-15,17-18,23H,5,11-12H2,1-4H3/t13-,14-,15-,17-,18+/m0/s1. The third-order valence-electron chi connectivity index (χ3n) is 5.50. The lowest BCUT2D eigenvalue weighted by Gasteiger charge is -2.27. The molecule has 2 amide bonds. The Balaban J connectivity index is 2.10. The molecule has 1 fully saturated rings. The maximum atomic E-state index is 12.9. The van der Waals surface area contributed by atoms with Gasteiger partial charge in [0.2, 0.25) is 5.91 Å². The van der Waals surface area contributed by atoms with E-state index in [4.69, 9.17) is 4.74 Å². The number of hydrogen-bond donors (Lipinski definition) is 1. The molecule has 5 atom stereocenters. The van der Waals surface area contributed by atoms with Gasteiger partial charge < -0.3 is 9.84 Å². The van der Waals surface area contributed by atoms with Crippen LogP contribution in [-0.2, 0) is 20.7 Å². The Bertz CT molecular complexity index is 674. The van der Waals surface area contributed by atoms with Crippen molar-refractivity contribution in [1.29, 1.82) is 0 Å². The zero-order valence-electron chi connectivity index (χ0n) is 16.4. The fourth-order valence-electron chi connectivity index (χ4n) is 3.39. The zero-order chi connectivity index (χ0) is 20.1. The molecule has 0 unspecified atom stereocenters. The van der Waals surface area contributed by atoms with E-state index in [0.717, 1.165) is 16.9 Å². The van der Waals surface area contributed by atoms with Crippen LogP contribution in [0.1, 0.15) is 39.7 Å². The highest BCUT2D eigenvalue weighted by atomic mass is 16.6. The zero-order valence-corrected chi connectivity index (χ0v) is 16.4. The molecule has 1 aromatic carbocycles. The van der Waals surface area contributed by atoms with Crippen LogP contribution in [0, 0.1) is 17.8 Å². The number of aliphatic hydroxyl groups is 1. The van der Waals surface area contributed by atoms with Crippen LogP contribution in [-0.4, -0.2) is 46.5 Å². The fraction of sp³-hybridized carbons (Fsp3) is 0.571. The first kappa shape index (κ1) is 21.1. The number of Topliss-reactive ketones (excluding diaryl/α,β-unsaturated/α-hetero) is 1. The smallest absolute Gasteiger partial charge is 0.417 e. The van der Waals surface area contributed by atoms with Gasteiger partial charge in [0.1, 0.15) is 12.4 Å². The van der Waals surface area contributed by atoms with E-state index in [1.54, 1.807) is 6.92 Å². The lowest BCUT2D eigenvalue weighted by Crippen LogP contribution is -2.47. The number of hydrogen-bond acceptors (Lipinski definition) is 5. The molecule has 0 aliphatic carbocycles. The number of aliphatic hydroxyl groups excluding tert-OH is 1. The third kappa shape index (κ3) is 4.75. The van der Waals surface area contributed by atoms with Crippen molar-refractivity contribution in [1.82, 2.24) is 4.90 Å². The van der Waals surface area contributed by atoms with Crippen LogP contribution in [0.2, 0.25) is 0 Å². The molecule has 0 saturated carbocycles. The number of carbonyl (C=O) groups is 3. The van der Waals surface area contributed by atoms with Crippen LogP contribution >= 0.6 is 0 Å². The molecule has 1 saturated heterocycles. The number of ketones is 1. The summed E-state index contributed by atoms with van der Waals surface area (Å²) in [4.78, 5) is 38.8. The predicted octanol–water partition coefficient (Wildman–Crippen LogP) is 2.82. The number of imide groups is 1. The van der Waals surface area contributed by atoms with E-state index in [1.165, 1.54) is 6.92 Å². The summed E-state index contributed by atoms with van der Waals surface area (Å²) in [6, 6.07) is 9.09. The number of cyclic esters (lactones) is 1.